The molecule has 0 saturated heterocycles. The second kappa shape index (κ2) is 9.01. The Labute approximate surface area is 187 Å². The van der Waals surface area contributed by atoms with Crippen LogP contribution in [0, 0.1) is 5.82 Å². The van der Waals surface area contributed by atoms with Crippen molar-refractivity contribution in [1.82, 2.24) is 4.98 Å². The average molecular weight is 490 g/mol. The minimum atomic E-state index is -0.721. The number of carbonyl (C=O) groups is 2. The van der Waals surface area contributed by atoms with Crippen LogP contribution in [0.5, 0.6) is 0 Å². The van der Waals surface area contributed by atoms with Crippen LogP contribution < -0.4 is 0 Å². The number of oxazole rings is 1. The molecule has 0 N–H and O–H groups in total. The quantitative estimate of drug-likeness (QED) is 0.435. The first-order chi connectivity index (χ1) is 14.6. The largest absolute Gasteiger partial charge is 0.462 e. The maximum Gasteiger partial charge on any atom is 0.394 e. The third-order valence-corrected chi connectivity index (χ3v) is 4.90. The van der Waals surface area contributed by atoms with E-state index in [1.165, 1.54) is 13.2 Å². The van der Waals surface area contributed by atoms with Crippen molar-refractivity contribution in [2.45, 2.75) is 32.8 Å². The van der Waals surface area contributed by atoms with Crippen molar-refractivity contribution in [3.63, 3.8) is 0 Å². The van der Waals surface area contributed by atoms with Gasteiger partial charge in [-0.1, -0.05) is 30.3 Å². The molecule has 0 bridgehead atoms. The van der Waals surface area contributed by atoms with E-state index in [2.05, 4.69) is 25.7 Å². The number of esters is 2. The number of carbonyl (C=O) groups excluding carboxylic acids is 2. The molecule has 6 nitrogen and oxygen atoms in total. The van der Waals surface area contributed by atoms with E-state index in [1.54, 1.807) is 57.2 Å². The number of benzene rings is 2. The van der Waals surface area contributed by atoms with Gasteiger partial charge in [0.15, 0.2) is 4.67 Å². The molecule has 8 heteroatoms. The van der Waals surface area contributed by atoms with Crippen LogP contribution in [0.15, 0.2) is 51.6 Å². The molecule has 0 unspecified atom stereocenters. The molecule has 1 aromatic heterocycles. The number of hydrogen-bond donors (Lipinski definition) is 0. The fourth-order valence-electron chi connectivity index (χ4n) is 2.90. The van der Waals surface area contributed by atoms with Crippen molar-refractivity contribution >= 4 is 27.9 Å². The van der Waals surface area contributed by atoms with Gasteiger partial charge in [-0.25, -0.2) is 19.0 Å². The molecule has 0 radical (unpaired) electrons. The van der Waals surface area contributed by atoms with Crippen LogP contribution in [0.1, 0.15) is 53.1 Å². The predicted molar refractivity (Wildman–Crippen MR) is 115 cm³/mol. The molecule has 0 fully saturated rings. The zero-order chi connectivity index (χ0) is 22.8. The minimum Gasteiger partial charge on any atom is -0.462 e. The molecule has 0 amide bonds. The molecule has 3 aromatic rings. The highest BCUT2D eigenvalue weighted by Crippen LogP contribution is 2.29. The zero-order valence-corrected chi connectivity index (χ0v) is 19.1. The SMILES string of the molecule is COC(=O)c1nc(Cc2ccc(-c3ccccc3C(=O)OC(C)(C)C)cc2F)c(Br)o1. The molecule has 0 spiro atoms. The summed E-state index contributed by atoms with van der Waals surface area (Å²) in [4.78, 5) is 28.2. The lowest BCUT2D eigenvalue weighted by Gasteiger charge is -2.20. The molecule has 162 valence electrons. The lowest BCUT2D eigenvalue weighted by Crippen LogP contribution is -2.24. The Bertz CT molecular complexity index is 1130. The Morgan fingerprint density at radius 3 is 2.48 bits per heavy atom. The summed E-state index contributed by atoms with van der Waals surface area (Å²) in [6.45, 7) is 5.36. The van der Waals surface area contributed by atoms with E-state index in [1.807, 2.05) is 0 Å². The monoisotopic (exact) mass is 489 g/mol. The second-order valence-corrected chi connectivity index (χ2v) is 8.48. The molecule has 0 aliphatic heterocycles. The third-order valence-electron chi connectivity index (χ3n) is 4.28. The number of halogens is 2. The standard InChI is InChI=1S/C23H21BrFNO5/c1-23(2,3)31-21(27)16-8-6-5-7-15(16)13-9-10-14(17(25)11-13)12-18-19(24)30-20(26-18)22(28)29-4/h5-11H,12H2,1-4H3. The summed E-state index contributed by atoms with van der Waals surface area (Å²) in [5.41, 5.74) is 1.53. The van der Waals surface area contributed by atoms with E-state index >= 15 is 0 Å². The van der Waals surface area contributed by atoms with Gasteiger partial charge in [-0.05, 0) is 65.5 Å². The summed E-state index contributed by atoms with van der Waals surface area (Å²) in [7, 11) is 1.22. The average Bonchev–Trinajstić information content (AvgIpc) is 3.08. The van der Waals surface area contributed by atoms with Gasteiger partial charge < -0.3 is 13.9 Å². The van der Waals surface area contributed by atoms with Gasteiger partial charge in [-0.2, -0.15) is 0 Å². The first-order valence-electron chi connectivity index (χ1n) is 9.43. The zero-order valence-electron chi connectivity index (χ0n) is 17.5. The molecule has 0 aliphatic carbocycles. The maximum absolute atomic E-state index is 14.9. The van der Waals surface area contributed by atoms with Gasteiger partial charge >= 0.3 is 17.8 Å². The van der Waals surface area contributed by atoms with Crippen molar-refractivity contribution in [1.29, 1.82) is 0 Å². The van der Waals surface area contributed by atoms with Gasteiger partial charge in [-0.3, -0.25) is 0 Å². The number of methoxy groups -OCH3 is 1. The van der Waals surface area contributed by atoms with Crippen molar-refractivity contribution in [3.8, 4) is 11.1 Å². The fraction of sp³-hybridized carbons (Fsp3) is 0.261. The third kappa shape index (κ3) is 5.38. The summed E-state index contributed by atoms with van der Waals surface area (Å²) >= 11 is 3.19. The summed E-state index contributed by atoms with van der Waals surface area (Å²) in [6.07, 6.45) is 0.0981. The van der Waals surface area contributed by atoms with Crippen molar-refractivity contribution in [3.05, 3.63) is 75.7 Å². The Morgan fingerprint density at radius 1 is 1.13 bits per heavy atom. The van der Waals surface area contributed by atoms with Crippen molar-refractivity contribution < 1.29 is 27.9 Å². The first-order valence-corrected chi connectivity index (χ1v) is 10.2. The molecular weight excluding hydrogens is 469 g/mol. The summed E-state index contributed by atoms with van der Waals surface area (Å²) in [5.74, 6) is -1.89. The Morgan fingerprint density at radius 2 is 1.84 bits per heavy atom. The summed E-state index contributed by atoms with van der Waals surface area (Å²) in [5, 5.41) is 0. The highest BCUT2D eigenvalue weighted by Gasteiger charge is 2.22. The van der Waals surface area contributed by atoms with E-state index in [9.17, 15) is 14.0 Å². The van der Waals surface area contributed by atoms with Gasteiger partial charge in [0.1, 0.15) is 11.4 Å². The van der Waals surface area contributed by atoms with Crippen molar-refractivity contribution in [2.75, 3.05) is 7.11 Å². The molecular formula is C23H21BrFNO5. The highest BCUT2D eigenvalue weighted by atomic mass is 79.9. The van der Waals surface area contributed by atoms with Crippen molar-refractivity contribution in [2.24, 2.45) is 0 Å². The van der Waals surface area contributed by atoms with Gasteiger partial charge in [-0.15, -0.1) is 0 Å². The highest BCUT2D eigenvalue weighted by molar-refractivity contribution is 9.10. The van der Waals surface area contributed by atoms with E-state index in [-0.39, 0.29) is 17.0 Å². The maximum atomic E-state index is 14.9. The molecule has 1 heterocycles. The topological polar surface area (TPSA) is 78.6 Å². The van der Waals surface area contributed by atoms with Crippen LogP contribution in [0.3, 0.4) is 0 Å². The molecule has 3 rings (SSSR count). The second-order valence-electron chi connectivity index (χ2n) is 7.76. The Hall–Kier alpha value is -3.00. The fourth-order valence-corrected chi connectivity index (χ4v) is 3.28. The number of rotatable bonds is 5. The van der Waals surface area contributed by atoms with Crippen LogP contribution in [0.4, 0.5) is 4.39 Å². The summed E-state index contributed by atoms with van der Waals surface area (Å²) in [6, 6.07) is 11.6. The normalized spacial score (nSPS) is 11.3. The van der Waals surface area contributed by atoms with Crippen LogP contribution in [0.25, 0.3) is 11.1 Å². The molecule has 31 heavy (non-hydrogen) atoms. The number of aromatic nitrogens is 1. The van der Waals surface area contributed by atoms with Gasteiger partial charge in [0.05, 0.1) is 18.4 Å². The lowest BCUT2D eigenvalue weighted by atomic mass is 9.97. The smallest absolute Gasteiger partial charge is 0.394 e. The number of nitrogens with zero attached hydrogens (tertiary/aromatic N) is 1. The Kier molecular flexibility index (Phi) is 6.59. The van der Waals surface area contributed by atoms with Crippen LogP contribution in [-0.4, -0.2) is 29.6 Å². The Balaban J connectivity index is 1.90. The first kappa shape index (κ1) is 22.7. The van der Waals surface area contributed by atoms with E-state index in [0.717, 1.165) is 0 Å². The minimum absolute atomic E-state index is 0.0981. The van der Waals surface area contributed by atoms with E-state index in [4.69, 9.17) is 9.15 Å². The molecule has 0 saturated carbocycles. The molecule has 2 aromatic carbocycles. The van der Waals surface area contributed by atoms with Crippen LogP contribution in [-0.2, 0) is 15.9 Å². The summed E-state index contributed by atoms with van der Waals surface area (Å²) < 4.78 is 30.4. The predicted octanol–water partition coefficient (Wildman–Crippen LogP) is 5.58. The number of ether oxygens (including phenoxy) is 2. The van der Waals surface area contributed by atoms with Gasteiger partial charge in [0, 0.05) is 6.42 Å². The van der Waals surface area contributed by atoms with Gasteiger partial charge in [0.25, 0.3) is 0 Å². The molecule has 0 atom stereocenters. The van der Waals surface area contributed by atoms with Crippen LogP contribution >= 0.6 is 15.9 Å². The van der Waals surface area contributed by atoms with Gasteiger partial charge in [0.2, 0.25) is 0 Å². The van der Waals surface area contributed by atoms with E-state index < -0.39 is 23.4 Å². The van der Waals surface area contributed by atoms with E-state index in [0.29, 0.717) is 27.9 Å². The lowest BCUT2D eigenvalue weighted by molar-refractivity contribution is 0.00702. The van der Waals surface area contributed by atoms with Crippen LogP contribution in [0.2, 0.25) is 0 Å². The molecule has 0 aliphatic rings. The number of hydrogen-bond acceptors (Lipinski definition) is 6.